The lowest BCUT2D eigenvalue weighted by Crippen LogP contribution is -2.08. The molecule has 2 rings (SSSR count). The van der Waals surface area contributed by atoms with Crippen molar-refractivity contribution in [3.8, 4) is 0 Å². The molecule has 0 aromatic heterocycles. The van der Waals surface area contributed by atoms with Gasteiger partial charge in [0.2, 0.25) is 0 Å². The Morgan fingerprint density at radius 1 is 1.47 bits per heavy atom. The van der Waals surface area contributed by atoms with E-state index in [9.17, 15) is 9.59 Å². The SMILES string of the molecule is CC1=C[C@@H](C/C(C)=C/CCC2=CC(=O)OC2)OC1=O. The lowest BCUT2D eigenvalue weighted by atomic mass is 10.1. The van der Waals surface area contributed by atoms with Crippen LogP contribution >= 0.6 is 0 Å². The Morgan fingerprint density at radius 2 is 2.26 bits per heavy atom. The van der Waals surface area contributed by atoms with E-state index in [0.717, 1.165) is 24.8 Å². The zero-order valence-electron chi connectivity index (χ0n) is 11.3. The van der Waals surface area contributed by atoms with Crippen LogP contribution in [-0.2, 0) is 19.1 Å². The zero-order valence-corrected chi connectivity index (χ0v) is 11.3. The molecular formula is C15H18O4. The molecule has 4 nitrogen and oxygen atoms in total. The molecule has 0 fully saturated rings. The Balaban J connectivity index is 1.76. The van der Waals surface area contributed by atoms with Crippen molar-refractivity contribution < 1.29 is 19.1 Å². The van der Waals surface area contributed by atoms with E-state index in [4.69, 9.17) is 9.47 Å². The third-order valence-electron chi connectivity index (χ3n) is 3.22. The number of hydrogen-bond donors (Lipinski definition) is 0. The number of hydrogen-bond acceptors (Lipinski definition) is 4. The van der Waals surface area contributed by atoms with Gasteiger partial charge in [0.1, 0.15) is 12.7 Å². The summed E-state index contributed by atoms with van der Waals surface area (Å²) in [5.74, 6) is -0.459. The maximum Gasteiger partial charge on any atom is 0.334 e. The highest BCUT2D eigenvalue weighted by atomic mass is 16.5. The molecule has 2 heterocycles. The van der Waals surface area contributed by atoms with E-state index in [1.54, 1.807) is 13.0 Å². The smallest absolute Gasteiger partial charge is 0.334 e. The van der Waals surface area contributed by atoms with Gasteiger partial charge in [0.25, 0.3) is 0 Å². The number of rotatable bonds is 5. The Labute approximate surface area is 112 Å². The highest BCUT2D eigenvalue weighted by Gasteiger charge is 2.21. The van der Waals surface area contributed by atoms with Crippen LogP contribution in [0.2, 0.25) is 0 Å². The highest BCUT2D eigenvalue weighted by Crippen LogP contribution is 2.20. The van der Waals surface area contributed by atoms with Crippen molar-refractivity contribution in [2.75, 3.05) is 6.61 Å². The minimum Gasteiger partial charge on any atom is -0.458 e. The Morgan fingerprint density at radius 3 is 2.84 bits per heavy atom. The number of cyclic esters (lactones) is 2. The van der Waals surface area contributed by atoms with E-state index < -0.39 is 0 Å². The molecule has 0 aromatic carbocycles. The lowest BCUT2D eigenvalue weighted by Gasteiger charge is -2.08. The maximum atomic E-state index is 11.2. The average molecular weight is 262 g/mol. The van der Waals surface area contributed by atoms with Gasteiger partial charge in [-0.25, -0.2) is 9.59 Å². The predicted molar refractivity (Wildman–Crippen MR) is 70.3 cm³/mol. The molecular weight excluding hydrogens is 244 g/mol. The van der Waals surface area contributed by atoms with Gasteiger partial charge in [-0.3, -0.25) is 0 Å². The van der Waals surface area contributed by atoms with E-state index in [2.05, 4.69) is 6.08 Å². The standard InChI is InChI=1S/C15H18O4/c1-10(6-13-7-11(2)15(17)19-13)4-3-5-12-8-14(16)18-9-12/h4,7-8,13H,3,5-6,9H2,1-2H3/b10-4+/t13-/m1/s1. The largest absolute Gasteiger partial charge is 0.458 e. The molecule has 19 heavy (non-hydrogen) atoms. The highest BCUT2D eigenvalue weighted by molar-refractivity contribution is 5.90. The number of ether oxygens (including phenoxy) is 2. The van der Waals surface area contributed by atoms with Crippen LogP contribution in [-0.4, -0.2) is 24.6 Å². The van der Waals surface area contributed by atoms with Gasteiger partial charge in [-0.05, 0) is 38.3 Å². The summed E-state index contributed by atoms with van der Waals surface area (Å²) in [5.41, 5.74) is 2.91. The fraction of sp³-hybridized carbons (Fsp3) is 0.467. The van der Waals surface area contributed by atoms with Crippen molar-refractivity contribution in [1.29, 1.82) is 0 Å². The molecule has 0 amide bonds. The van der Waals surface area contributed by atoms with Crippen molar-refractivity contribution in [1.82, 2.24) is 0 Å². The van der Waals surface area contributed by atoms with Crippen molar-refractivity contribution in [3.05, 3.63) is 34.9 Å². The molecule has 0 N–H and O–H groups in total. The summed E-state index contributed by atoms with van der Waals surface area (Å²) in [5, 5.41) is 0. The molecule has 102 valence electrons. The van der Waals surface area contributed by atoms with E-state index in [1.807, 2.05) is 13.0 Å². The van der Waals surface area contributed by atoms with E-state index in [-0.39, 0.29) is 18.0 Å². The summed E-state index contributed by atoms with van der Waals surface area (Å²) in [6.07, 6.45) is 7.87. The molecule has 2 aliphatic rings. The molecule has 0 radical (unpaired) electrons. The second-order valence-electron chi connectivity index (χ2n) is 5.00. The first-order valence-electron chi connectivity index (χ1n) is 6.46. The summed E-state index contributed by atoms with van der Waals surface area (Å²) in [6.45, 7) is 4.22. The van der Waals surface area contributed by atoms with Gasteiger partial charge >= 0.3 is 11.9 Å². The zero-order chi connectivity index (χ0) is 13.8. The third kappa shape index (κ3) is 3.81. The normalized spacial score (nSPS) is 23.1. The molecule has 0 saturated heterocycles. The summed E-state index contributed by atoms with van der Waals surface area (Å²) in [4.78, 5) is 22.1. The predicted octanol–water partition coefficient (Wildman–Crippen LogP) is 2.46. The van der Waals surface area contributed by atoms with Gasteiger partial charge in [0, 0.05) is 18.1 Å². The molecule has 2 aliphatic heterocycles. The Hall–Kier alpha value is -1.84. The van der Waals surface area contributed by atoms with E-state index in [1.165, 1.54) is 5.57 Å². The number of carbonyl (C=O) groups excluding carboxylic acids is 2. The van der Waals surface area contributed by atoms with E-state index in [0.29, 0.717) is 12.2 Å². The molecule has 0 aliphatic carbocycles. The van der Waals surface area contributed by atoms with Crippen molar-refractivity contribution in [2.45, 2.75) is 39.2 Å². The Bertz CT molecular complexity index is 482. The van der Waals surface area contributed by atoms with Gasteiger partial charge in [0.05, 0.1) is 0 Å². The maximum absolute atomic E-state index is 11.2. The molecule has 0 spiro atoms. The summed E-state index contributed by atoms with van der Waals surface area (Å²) >= 11 is 0. The molecule has 0 aromatic rings. The van der Waals surface area contributed by atoms with Gasteiger partial charge in [-0.1, -0.05) is 11.6 Å². The topological polar surface area (TPSA) is 52.6 Å². The van der Waals surface area contributed by atoms with Crippen molar-refractivity contribution in [3.63, 3.8) is 0 Å². The first-order valence-corrected chi connectivity index (χ1v) is 6.46. The van der Waals surface area contributed by atoms with Crippen LogP contribution in [0.15, 0.2) is 34.9 Å². The molecule has 0 bridgehead atoms. The van der Waals surface area contributed by atoms with Crippen LogP contribution < -0.4 is 0 Å². The van der Waals surface area contributed by atoms with Crippen molar-refractivity contribution >= 4 is 11.9 Å². The fourth-order valence-electron chi connectivity index (χ4n) is 2.17. The summed E-state index contributed by atoms with van der Waals surface area (Å²) in [6, 6.07) is 0. The van der Waals surface area contributed by atoms with Crippen molar-refractivity contribution in [2.24, 2.45) is 0 Å². The minimum atomic E-state index is -0.241. The molecule has 1 atom stereocenters. The average Bonchev–Trinajstić information content (AvgIpc) is 2.86. The van der Waals surface area contributed by atoms with Gasteiger partial charge < -0.3 is 9.47 Å². The summed E-state index contributed by atoms with van der Waals surface area (Å²) < 4.78 is 10.0. The van der Waals surface area contributed by atoms with Crippen LogP contribution in [0.25, 0.3) is 0 Å². The Kier molecular flexibility index (Phi) is 4.20. The van der Waals surface area contributed by atoms with Crippen LogP contribution in [0.3, 0.4) is 0 Å². The van der Waals surface area contributed by atoms with Gasteiger partial charge in [0.15, 0.2) is 0 Å². The minimum absolute atomic E-state index is 0.126. The fourth-order valence-corrected chi connectivity index (χ4v) is 2.17. The van der Waals surface area contributed by atoms with E-state index >= 15 is 0 Å². The monoisotopic (exact) mass is 262 g/mol. The second kappa shape index (κ2) is 5.87. The van der Waals surface area contributed by atoms with Gasteiger partial charge in [-0.2, -0.15) is 0 Å². The number of esters is 2. The molecule has 0 saturated carbocycles. The van der Waals surface area contributed by atoms with Gasteiger partial charge in [-0.15, -0.1) is 0 Å². The number of allylic oxidation sites excluding steroid dienone is 1. The second-order valence-corrected chi connectivity index (χ2v) is 5.00. The summed E-state index contributed by atoms with van der Waals surface area (Å²) in [7, 11) is 0. The lowest BCUT2D eigenvalue weighted by molar-refractivity contribution is -0.139. The van der Waals surface area contributed by atoms with Crippen LogP contribution in [0.5, 0.6) is 0 Å². The molecule has 0 unspecified atom stereocenters. The third-order valence-corrected chi connectivity index (χ3v) is 3.22. The first kappa shape index (κ1) is 13.6. The quantitative estimate of drug-likeness (QED) is 0.564. The van der Waals surface area contributed by atoms with Crippen LogP contribution in [0, 0.1) is 0 Å². The number of carbonyl (C=O) groups is 2. The van der Waals surface area contributed by atoms with Crippen LogP contribution in [0.1, 0.15) is 33.1 Å². The molecule has 4 heteroatoms. The van der Waals surface area contributed by atoms with Crippen LogP contribution in [0.4, 0.5) is 0 Å². The first-order chi connectivity index (χ1) is 9.04.